The van der Waals surface area contributed by atoms with E-state index in [2.05, 4.69) is 18.2 Å². The summed E-state index contributed by atoms with van der Waals surface area (Å²) < 4.78 is 5.36. The summed E-state index contributed by atoms with van der Waals surface area (Å²) in [5.41, 5.74) is 0. The molecule has 0 aromatic carbocycles. The van der Waals surface area contributed by atoms with Gasteiger partial charge in [0.1, 0.15) is 0 Å². The summed E-state index contributed by atoms with van der Waals surface area (Å²) in [6, 6.07) is 0.427. The number of hydrogen-bond donors (Lipinski definition) is 1. The molecule has 0 fully saturated rings. The highest BCUT2D eigenvalue weighted by Gasteiger charge is 2.05. The van der Waals surface area contributed by atoms with Gasteiger partial charge in [-0.05, 0) is 26.3 Å². The quantitative estimate of drug-likeness (QED) is 0.579. The molecule has 0 rings (SSSR count). The van der Waals surface area contributed by atoms with Gasteiger partial charge in [0.2, 0.25) is 0 Å². The third-order valence-electron chi connectivity index (χ3n) is 1.84. The fraction of sp³-hybridized carbons (Fsp3) is 0.818. The van der Waals surface area contributed by atoms with Crippen LogP contribution in [0.2, 0.25) is 0 Å². The predicted molar refractivity (Wildman–Crippen MR) is 56.6 cm³/mol. The van der Waals surface area contributed by atoms with E-state index >= 15 is 0 Å². The van der Waals surface area contributed by atoms with Crippen molar-refractivity contribution in [1.82, 2.24) is 5.32 Å². The molecule has 1 N–H and O–H groups in total. The molecule has 2 heteroatoms. The predicted octanol–water partition coefficient (Wildman–Crippen LogP) is 1.80. The Morgan fingerprint density at radius 3 is 2.77 bits per heavy atom. The second kappa shape index (κ2) is 9.57. The average Bonchev–Trinajstić information content (AvgIpc) is 2.17. The van der Waals surface area contributed by atoms with Crippen molar-refractivity contribution in [2.24, 2.45) is 0 Å². The molecule has 0 heterocycles. The standard InChI is InChI=1S/C11H21NO/c1-4-7-8-11(10-13-6-3)12-9-5-2/h1,11-12H,5-10H2,2-3H3. The summed E-state index contributed by atoms with van der Waals surface area (Å²) in [6.45, 7) is 6.77. The Bertz CT molecular complexity index is 132. The van der Waals surface area contributed by atoms with Gasteiger partial charge < -0.3 is 10.1 Å². The van der Waals surface area contributed by atoms with Crippen LogP contribution in [0.3, 0.4) is 0 Å². The number of rotatable bonds is 8. The summed E-state index contributed by atoms with van der Waals surface area (Å²) >= 11 is 0. The first kappa shape index (κ1) is 12.5. The van der Waals surface area contributed by atoms with E-state index in [-0.39, 0.29) is 0 Å². The minimum atomic E-state index is 0.427. The van der Waals surface area contributed by atoms with Gasteiger partial charge in [0.25, 0.3) is 0 Å². The maximum Gasteiger partial charge on any atom is 0.0619 e. The fourth-order valence-electron chi connectivity index (χ4n) is 1.11. The Kier molecular flexibility index (Phi) is 9.18. The molecule has 0 aliphatic rings. The van der Waals surface area contributed by atoms with Gasteiger partial charge in [0.15, 0.2) is 0 Å². The highest BCUT2D eigenvalue weighted by molar-refractivity contribution is 4.85. The topological polar surface area (TPSA) is 21.3 Å². The molecule has 76 valence electrons. The normalized spacial score (nSPS) is 12.4. The Labute approximate surface area is 82.1 Å². The van der Waals surface area contributed by atoms with Gasteiger partial charge in [-0.25, -0.2) is 0 Å². The smallest absolute Gasteiger partial charge is 0.0619 e. The SMILES string of the molecule is C#CCCC(COCC)NCCC. The Hall–Kier alpha value is -0.520. The summed E-state index contributed by atoms with van der Waals surface area (Å²) in [5, 5.41) is 3.42. The lowest BCUT2D eigenvalue weighted by atomic mass is 10.1. The summed E-state index contributed by atoms with van der Waals surface area (Å²) in [7, 11) is 0. The highest BCUT2D eigenvalue weighted by atomic mass is 16.5. The van der Waals surface area contributed by atoms with Gasteiger partial charge in [0.05, 0.1) is 6.61 Å². The third-order valence-corrected chi connectivity index (χ3v) is 1.84. The van der Waals surface area contributed by atoms with Crippen LogP contribution < -0.4 is 5.32 Å². The van der Waals surface area contributed by atoms with E-state index in [1.807, 2.05) is 6.92 Å². The zero-order valence-corrected chi connectivity index (χ0v) is 8.81. The van der Waals surface area contributed by atoms with Gasteiger partial charge >= 0.3 is 0 Å². The monoisotopic (exact) mass is 183 g/mol. The van der Waals surface area contributed by atoms with E-state index in [9.17, 15) is 0 Å². The van der Waals surface area contributed by atoms with Crippen LogP contribution >= 0.6 is 0 Å². The summed E-state index contributed by atoms with van der Waals surface area (Å²) in [4.78, 5) is 0. The molecule has 0 amide bonds. The van der Waals surface area contributed by atoms with Crippen molar-refractivity contribution in [3.05, 3.63) is 0 Å². The molecule has 0 aromatic rings. The zero-order chi connectivity index (χ0) is 9.94. The third kappa shape index (κ3) is 7.83. The number of nitrogens with one attached hydrogen (secondary N) is 1. The first-order valence-corrected chi connectivity index (χ1v) is 5.09. The van der Waals surface area contributed by atoms with Crippen molar-refractivity contribution in [1.29, 1.82) is 0 Å². The van der Waals surface area contributed by atoms with E-state index in [4.69, 9.17) is 11.2 Å². The molecule has 0 aliphatic carbocycles. The van der Waals surface area contributed by atoms with Crippen molar-refractivity contribution in [2.45, 2.75) is 39.2 Å². The molecule has 13 heavy (non-hydrogen) atoms. The Morgan fingerprint density at radius 1 is 1.46 bits per heavy atom. The number of terminal acetylenes is 1. The largest absolute Gasteiger partial charge is 0.380 e. The van der Waals surface area contributed by atoms with Crippen LogP contribution in [0.1, 0.15) is 33.1 Å². The molecular weight excluding hydrogens is 162 g/mol. The van der Waals surface area contributed by atoms with E-state index < -0.39 is 0 Å². The first-order chi connectivity index (χ1) is 6.35. The Balaban J connectivity index is 3.54. The van der Waals surface area contributed by atoms with Gasteiger partial charge in [-0.3, -0.25) is 0 Å². The molecule has 2 nitrogen and oxygen atoms in total. The average molecular weight is 183 g/mol. The highest BCUT2D eigenvalue weighted by Crippen LogP contribution is 1.97. The molecule has 0 bridgehead atoms. The zero-order valence-electron chi connectivity index (χ0n) is 8.81. The van der Waals surface area contributed by atoms with E-state index in [1.54, 1.807) is 0 Å². The van der Waals surface area contributed by atoms with Crippen LogP contribution in [0.25, 0.3) is 0 Å². The van der Waals surface area contributed by atoms with E-state index in [1.165, 1.54) is 0 Å². The van der Waals surface area contributed by atoms with E-state index in [0.29, 0.717) is 6.04 Å². The molecular formula is C11H21NO. The molecule has 1 atom stereocenters. The number of ether oxygens (including phenoxy) is 1. The van der Waals surface area contributed by atoms with Crippen molar-refractivity contribution in [3.63, 3.8) is 0 Å². The Morgan fingerprint density at radius 2 is 2.23 bits per heavy atom. The molecule has 0 aromatic heterocycles. The van der Waals surface area contributed by atoms with Gasteiger partial charge in [-0.1, -0.05) is 6.92 Å². The number of hydrogen-bond acceptors (Lipinski definition) is 2. The lowest BCUT2D eigenvalue weighted by Crippen LogP contribution is -2.34. The van der Waals surface area contributed by atoms with Gasteiger partial charge in [-0.2, -0.15) is 0 Å². The van der Waals surface area contributed by atoms with Crippen molar-refractivity contribution in [2.75, 3.05) is 19.8 Å². The van der Waals surface area contributed by atoms with Crippen LogP contribution in [0.4, 0.5) is 0 Å². The van der Waals surface area contributed by atoms with Crippen LogP contribution in [-0.4, -0.2) is 25.8 Å². The van der Waals surface area contributed by atoms with Crippen LogP contribution in [0.5, 0.6) is 0 Å². The minimum absolute atomic E-state index is 0.427. The van der Waals surface area contributed by atoms with E-state index in [0.717, 1.165) is 39.0 Å². The second-order valence-corrected chi connectivity index (χ2v) is 3.05. The molecule has 0 radical (unpaired) electrons. The molecule has 1 unspecified atom stereocenters. The lowest BCUT2D eigenvalue weighted by molar-refractivity contribution is 0.120. The van der Waals surface area contributed by atoms with Crippen LogP contribution in [0, 0.1) is 12.3 Å². The van der Waals surface area contributed by atoms with Crippen LogP contribution in [-0.2, 0) is 4.74 Å². The fourth-order valence-corrected chi connectivity index (χ4v) is 1.11. The molecule has 0 aliphatic heterocycles. The first-order valence-electron chi connectivity index (χ1n) is 5.09. The maximum absolute atomic E-state index is 5.36. The molecule has 0 spiro atoms. The summed E-state index contributed by atoms with van der Waals surface area (Å²) in [5.74, 6) is 2.66. The van der Waals surface area contributed by atoms with Crippen molar-refractivity contribution >= 4 is 0 Å². The maximum atomic E-state index is 5.36. The minimum Gasteiger partial charge on any atom is -0.380 e. The summed E-state index contributed by atoms with van der Waals surface area (Å²) in [6.07, 6.45) is 8.21. The molecule has 0 saturated heterocycles. The lowest BCUT2D eigenvalue weighted by Gasteiger charge is -2.16. The van der Waals surface area contributed by atoms with Crippen molar-refractivity contribution in [3.8, 4) is 12.3 Å². The van der Waals surface area contributed by atoms with Gasteiger partial charge in [-0.15, -0.1) is 12.3 Å². The molecule has 0 saturated carbocycles. The second-order valence-electron chi connectivity index (χ2n) is 3.05. The van der Waals surface area contributed by atoms with Gasteiger partial charge in [0, 0.05) is 19.1 Å². The van der Waals surface area contributed by atoms with Crippen molar-refractivity contribution < 1.29 is 4.74 Å². The van der Waals surface area contributed by atoms with Crippen LogP contribution in [0.15, 0.2) is 0 Å².